The van der Waals surface area contributed by atoms with E-state index in [2.05, 4.69) is 17.2 Å². The highest BCUT2D eigenvalue weighted by Crippen LogP contribution is 2.28. The molecule has 1 aliphatic heterocycles. The summed E-state index contributed by atoms with van der Waals surface area (Å²) in [5, 5.41) is 1.19. The maximum absolute atomic E-state index is 11.5. The van der Waals surface area contributed by atoms with Gasteiger partial charge in [-0.25, -0.2) is 0 Å². The van der Waals surface area contributed by atoms with Crippen LogP contribution in [-0.2, 0) is 17.9 Å². The Balaban J connectivity index is 1.42. The van der Waals surface area contributed by atoms with Gasteiger partial charge in [0.1, 0.15) is 6.54 Å². The van der Waals surface area contributed by atoms with Crippen LogP contribution in [0.1, 0.15) is 18.4 Å². The van der Waals surface area contributed by atoms with Gasteiger partial charge in [0.2, 0.25) is 5.91 Å². The van der Waals surface area contributed by atoms with Crippen molar-refractivity contribution >= 4 is 16.8 Å². The second-order valence-corrected chi connectivity index (χ2v) is 7.97. The molecule has 0 saturated carbocycles. The van der Waals surface area contributed by atoms with Crippen LogP contribution in [0.25, 0.3) is 10.9 Å². The van der Waals surface area contributed by atoms with E-state index in [1.54, 1.807) is 7.11 Å². The van der Waals surface area contributed by atoms with Gasteiger partial charge in [0.25, 0.3) is 0 Å². The Morgan fingerprint density at radius 2 is 1.90 bits per heavy atom. The SMILES string of the molecule is COc1ccccc1OC[C@@H]1CCCN(Cc2cn(CC(N)=O)c3ccccc23)C1. The molecule has 2 heterocycles. The van der Waals surface area contributed by atoms with Gasteiger partial charge >= 0.3 is 0 Å². The summed E-state index contributed by atoms with van der Waals surface area (Å²) in [6, 6.07) is 16.0. The van der Waals surface area contributed by atoms with Crippen molar-refractivity contribution in [2.45, 2.75) is 25.9 Å². The normalized spacial score (nSPS) is 17.2. The minimum Gasteiger partial charge on any atom is -0.493 e. The molecule has 2 aromatic carbocycles. The monoisotopic (exact) mass is 407 g/mol. The number of hydrogen-bond donors (Lipinski definition) is 1. The topological polar surface area (TPSA) is 69.7 Å². The fourth-order valence-electron chi connectivity index (χ4n) is 4.37. The number of amides is 1. The van der Waals surface area contributed by atoms with Gasteiger partial charge in [-0.1, -0.05) is 30.3 Å². The molecule has 0 aliphatic carbocycles. The smallest absolute Gasteiger partial charge is 0.237 e. The lowest BCUT2D eigenvalue weighted by atomic mass is 9.98. The molecule has 4 rings (SSSR count). The average molecular weight is 408 g/mol. The predicted molar refractivity (Wildman–Crippen MR) is 118 cm³/mol. The molecule has 0 bridgehead atoms. The molecule has 0 radical (unpaired) electrons. The molecular formula is C24H29N3O3. The van der Waals surface area contributed by atoms with Gasteiger partial charge in [0.15, 0.2) is 11.5 Å². The van der Waals surface area contributed by atoms with Crippen LogP contribution in [0.4, 0.5) is 0 Å². The highest BCUT2D eigenvalue weighted by atomic mass is 16.5. The summed E-state index contributed by atoms with van der Waals surface area (Å²) in [5.41, 5.74) is 7.73. The third-order valence-electron chi connectivity index (χ3n) is 5.74. The van der Waals surface area contributed by atoms with Crippen LogP contribution >= 0.6 is 0 Å². The van der Waals surface area contributed by atoms with E-state index in [4.69, 9.17) is 15.2 Å². The molecule has 0 unspecified atom stereocenters. The summed E-state index contributed by atoms with van der Waals surface area (Å²) < 4.78 is 13.4. The Hall–Kier alpha value is -2.99. The van der Waals surface area contributed by atoms with Crippen LogP contribution in [0.15, 0.2) is 54.7 Å². The van der Waals surface area contributed by atoms with E-state index in [0.29, 0.717) is 12.5 Å². The molecule has 3 aromatic rings. The molecule has 6 heteroatoms. The summed E-state index contributed by atoms with van der Waals surface area (Å²) in [7, 11) is 1.67. The number of para-hydroxylation sites is 3. The number of benzene rings is 2. The molecule has 1 saturated heterocycles. The Morgan fingerprint density at radius 1 is 1.13 bits per heavy atom. The van der Waals surface area contributed by atoms with Crippen molar-refractivity contribution < 1.29 is 14.3 Å². The van der Waals surface area contributed by atoms with Gasteiger partial charge in [0, 0.05) is 36.1 Å². The van der Waals surface area contributed by atoms with Gasteiger partial charge in [0.05, 0.1) is 13.7 Å². The van der Waals surface area contributed by atoms with Crippen LogP contribution in [0.5, 0.6) is 11.5 Å². The van der Waals surface area contributed by atoms with Gasteiger partial charge < -0.3 is 19.8 Å². The largest absolute Gasteiger partial charge is 0.493 e. The maximum Gasteiger partial charge on any atom is 0.237 e. The molecule has 6 nitrogen and oxygen atoms in total. The highest BCUT2D eigenvalue weighted by Gasteiger charge is 2.22. The van der Waals surface area contributed by atoms with Crippen LogP contribution in [0, 0.1) is 5.92 Å². The molecule has 1 aliphatic rings. The zero-order valence-electron chi connectivity index (χ0n) is 17.4. The number of aromatic nitrogens is 1. The molecule has 1 fully saturated rings. The molecule has 1 atom stereocenters. The summed E-state index contributed by atoms with van der Waals surface area (Å²) in [4.78, 5) is 13.9. The fraction of sp³-hybridized carbons (Fsp3) is 0.375. The van der Waals surface area contributed by atoms with E-state index >= 15 is 0 Å². The van der Waals surface area contributed by atoms with Crippen molar-refractivity contribution in [3.8, 4) is 11.5 Å². The second kappa shape index (κ2) is 9.22. The number of rotatable bonds is 8. The van der Waals surface area contributed by atoms with E-state index in [1.807, 2.05) is 47.0 Å². The van der Waals surface area contributed by atoms with Crippen LogP contribution in [-0.4, -0.2) is 42.2 Å². The first-order valence-corrected chi connectivity index (χ1v) is 10.5. The summed E-state index contributed by atoms with van der Waals surface area (Å²) >= 11 is 0. The number of hydrogen-bond acceptors (Lipinski definition) is 4. The van der Waals surface area contributed by atoms with Gasteiger partial charge in [-0.15, -0.1) is 0 Å². The zero-order chi connectivity index (χ0) is 20.9. The molecule has 2 N–H and O–H groups in total. The standard InChI is InChI=1S/C24H29N3O3/c1-29-22-10-4-5-11-23(22)30-17-18-7-6-12-26(13-18)14-19-15-27(16-24(25)28)21-9-3-2-8-20(19)21/h2-5,8-11,15,18H,6-7,12-14,16-17H2,1H3,(H2,25,28)/t18-/m1/s1. The van der Waals surface area contributed by atoms with Crippen molar-refractivity contribution in [1.29, 1.82) is 0 Å². The number of carbonyl (C=O) groups excluding carboxylic acids is 1. The Labute approximate surface area is 177 Å². The minimum absolute atomic E-state index is 0.204. The molecule has 0 spiro atoms. The predicted octanol–water partition coefficient (Wildman–Crippen LogP) is 3.43. The number of nitrogens with two attached hydrogens (primary N) is 1. The number of carbonyl (C=O) groups is 1. The lowest BCUT2D eigenvalue weighted by Crippen LogP contribution is -2.37. The Kier molecular flexibility index (Phi) is 6.23. The van der Waals surface area contributed by atoms with E-state index < -0.39 is 0 Å². The van der Waals surface area contributed by atoms with Gasteiger partial charge in [-0.2, -0.15) is 0 Å². The molecule has 1 amide bonds. The summed E-state index contributed by atoms with van der Waals surface area (Å²) in [6.45, 7) is 3.80. The lowest BCUT2D eigenvalue weighted by Gasteiger charge is -2.32. The van der Waals surface area contributed by atoms with E-state index in [1.165, 1.54) is 10.9 Å². The number of nitrogens with zero attached hydrogens (tertiary/aromatic N) is 2. The summed E-state index contributed by atoms with van der Waals surface area (Å²) in [5.74, 6) is 1.72. The summed E-state index contributed by atoms with van der Waals surface area (Å²) in [6.07, 6.45) is 4.39. The second-order valence-electron chi connectivity index (χ2n) is 7.97. The number of fused-ring (bicyclic) bond motifs is 1. The first kappa shape index (κ1) is 20.3. The molecular weight excluding hydrogens is 378 g/mol. The molecule has 158 valence electrons. The Bertz CT molecular complexity index is 1010. The first-order valence-electron chi connectivity index (χ1n) is 10.5. The minimum atomic E-state index is -0.325. The van der Waals surface area contributed by atoms with Gasteiger partial charge in [-0.05, 0) is 43.1 Å². The maximum atomic E-state index is 11.5. The first-order chi connectivity index (χ1) is 14.6. The van der Waals surface area contributed by atoms with Crippen molar-refractivity contribution in [2.24, 2.45) is 11.7 Å². The number of primary amides is 1. The van der Waals surface area contributed by atoms with Crippen molar-refractivity contribution in [3.05, 3.63) is 60.3 Å². The number of methoxy groups -OCH3 is 1. The number of ether oxygens (including phenoxy) is 2. The highest BCUT2D eigenvalue weighted by molar-refractivity contribution is 5.85. The Morgan fingerprint density at radius 3 is 2.70 bits per heavy atom. The fourth-order valence-corrected chi connectivity index (χ4v) is 4.37. The van der Waals surface area contributed by atoms with Gasteiger partial charge in [-0.3, -0.25) is 9.69 Å². The van der Waals surface area contributed by atoms with Crippen molar-refractivity contribution in [1.82, 2.24) is 9.47 Å². The lowest BCUT2D eigenvalue weighted by molar-refractivity contribution is -0.118. The van der Waals surface area contributed by atoms with Crippen LogP contribution in [0.2, 0.25) is 0 Å². The van der Waals surface area contributed by atoms with Crippen LogP contribution in [0.3, 0.4) is 0 Å². The number of piperidine rings is 1. The van der Waals surface area contributed by atoms with E-state index in [-0.39, 0.29) is 12.5 Å². The third-order valence-corrected chi connectivity index (χ3v) is 5.74. The number of likely N-dealkylation sites (tertiary alicyclic amines) is 1. The quantitative estimate of drug-likeness (QED) is 0.621. The zero-order valence-corrected chi connectivity index (χ0v) is 17.4. The van der Waals surface area contributed by atoms with Crippen molar-refractivity contribution in [3.63, 3.8) is 0 Å². The van der Waals surface area contributed by atoms with E-state index in [0.717, 1.165) is 49.5 Å². The average Bonchev–Trinajstić information content (AvgIpc) is 3.09. The third kappa shape index (κ3) is 4.60. The molecule has 30 heavy (non-hydrogen) atoms. The molecule has 1 aromatic heterocycles. The van der Waals surface area contributed by atoms with Crippen LogP contribution < -0.4 is 15.2 Å². The van der Waals surface area contributed by atoms with E-state index in [9.17, 15) is 4.79 Å². The van der Waals surface area contributed by atoms with Crippen molar-refractivity contribution in [2.75, 3.05) is 26.8 Å².